The molecule has 0 aliphatic heterocycles. The molecule has 1 aliphatic rings. The van der Waals surface area contributed by atoms with Crippen molar-refractivity contribution in [3.05, 3.63) is 24.3 Å². The van der Waals surface area contributed by atoms with Crippen LogP contribution in [0.15, 0.2) is 24.3 Å². The van der Waals surface area contributed by atoms with E-state index in [2.05, 4.69) is 38.2 Å². The average molecular weight is 180 g/mol. The lowest BCUT2D eigenvalue weighted by Crippen LogP contribution is -2.16. The highest BCUT2D eigenvalue weighted by molar-refractivity contribution is 5.16. The summed E-state index contributed by atoms with van der Waals surface area (Å²) < 4.78 is 0. The minimum Gasteiger partial charge on any atom is -0.0837 e. The van der Waals surface area contributed by atoms with Gasteiger partial charge in [-0.3, -0.25) is 0 Å². The van der Waals surface area contributed by atoms with Crippen molar-refractivity contribution >= 4 is 0 Å². The summed E-state index contributed by atoms with van der Waals surface area (Å²) in [6.45, 7) is 8.56. The molecule has 0 fully saturated rings. The van der Waals surface area contributed by atoms with E-state index in [1.54, 1.807) is 0 Å². The van der Waals surface area contributed by atoms with Gasteiger partial charge in [-0.2, -0.15) is 0 Å². The largest absolute Gasteiger partial charge is 0.0837 e. The van der Waals surface area contributed by atoms with Gasteiger partial charge in [-0.15, -0.1) is 0 Å². The summed E-state index contributed by atoms with van der Waals surface area (Å²) in [6, 6.07) is 0. The van der Waals surface area contributed by atoms with E-state index in [1.165, 1.54) is 25.7 Å². The van der Waals surface area contributed by atoms with Gasteiger partial charge in [0.25, 0.3) is 0 Å². The first kappa shape index (κ1) is 12.5. The van der Waals surface area contributed by atoms with Crippen LogP contribution in [0.5, 0.6) is 0 Å². The van der Waals surface area contributed by atoms with Crippen LogP contribution in [0.25, 0.3) is 0 Å². The fourth-order valence-electron chi connectivity index (χ4n) is 1.83. The van der Waals surface area contributed by atoms with Gasteiger partial charge < -0.3 is 0 Å². The lowest BCUT2D eigenvalue weighted by molar-refractivity contribution is 0.334. The van der Waals surface area contributed by atoms with Crippen LogP contribution in [0.3, 0.4) is 0 Å². The molecule has 0 nitrogen and oxygen atoms in total. The molecule has 0 heteroatoms. The zero-order valence-electron chi connectivity index (χ0n) is 9.64. The zero-order valence-corrected chi connectivity index (χ0v) is 9.64. The van der Waals surface area contributed by atoms with E-state index >= 15 is 0 Å². The number of rotatable bonds is 3. The van der Waals surface area contributed by atoms with Gasteiger partial charge in [0.2, 0.25) is 0 Å². The van der Waals surface area contributed by atoms with Crippen LogP contribution in [0.2, 0.25) is 0 Å². The topological polar surface area (TPSA) is 0 Å². The van der Waals surface area contributed by atoms with Crippen LogP contribution in [0, 0.1) is 5.41 Å². The lowest BCUT2D eigenvalue weighted by atomic mass is 9.76. The van der Waals surface area contributed by atoms with Crippen molar-refractivity contribution in [2.45, 2.75) is 53.4 Å². The summed E-state index contributed by atoms with van der Waals surface area (Å²) in [6.07, 6.45) is 14.2. The fourth-order valence-corrected chi connectivity index (χ4v) is 1.83. The van der Waals surface area contributed by atoms with E-state index in [1.807, 2.05) is 13.8 Å². The second-order valence-electron chi connectivity index (χ2n) is 3.46. The van der Waals surface area contributed by atoms with Gasteiger partial charge in [0.1, 0.15) is 0 Å². The second kappa shape index (κ2) is 6.94. The van der Waals surface area contributed by atoms with E-state index in [0.29, 0.717) is 5.41 Å². The molecule has 1 aliphatic carbocycles. The van der Waals surface area contributed by atoms with E-state index in [0.717, 1.165) is 0 Å². The molecule has 0 aromatic carbocycles. The molecule has 0 N–H and O–H groups in total. The first-order valence-corrected chi connectivity index (χ1v) is 5.67. The van der Waals surface area contributed by atoms with Crippen molar-refractivity contribution < 1.29 is 0 Å². The smallest absolute Gasteiger partial charge is 0.00833 e. The maximum Gasteiger partial charge on any atom is -0.00833 e. The molecule has 76 valence electrons. The van der Waals surface area contributed by atoms with Crippen LogP contribution >= 0.6 is 0 Å². The van der Waals surface area contributed by atoms with Gasteiger partial charge in [-0.1, -0.05) is 58.4 Å². The predicted molar refractivity (Wildman–Crippen MR) is 61.9 cm³/mol. The highest BCUT2D eigenvalue weighted by atomic mass is 14.3. The van der Waals surface area contributed by atoms with Gasteiger partial charge in [-0.05, 0) is 24.7 Å². The molecular formula is C13H24. The van der Waals surface area contributed by atoms with Crippen molar-refractivity contribution in [2.24, 2.45) is 5.41 Å². The van der Waals surface area contributed by atoms with Crippen molar-refractivity contribution in [1.82, 2.24) is 0 Å². The Kier molecular flexibility index (Phi) is 6.66. The summed E-state index contributed by atoms with van der Waals surface area (Å²) in [7, 11) is 0. The standard InChI is InChI=1S/C11H18.C2H6/c1-3-8-11(4-2)9-6-5-7-10-11;1-2/h5-7,9H,3-4,8,10H2,1-2H3;1-2H3. The molecule has 1 atom stereocenters. The van der Waals surface area contributed by atoms with E-state index in [-0.39, 0.29) is 0 Å². The Bertz CT molecular complexity index is 165. The Hall–Kier alpha value is -0.520. The summed E-state index contributed by atoms with van der Waals surface area (Å²) in [5.74, 6) is 0. The Balaban J connectivity index is 0.000000671. The summed E-state index contributed by atoms with van der Waals surface area (Å²) in [4.78, 5) is 0. The van der Waals surface area contributed by atoms with Crippen molar-refractivity contribution in [3.63, 3.8) is 0 Å². The highest BCUT2D eigenvalue weighted by Crippen LogP contribution is 2.35. The Morgan fingerprint density at radius 3 is 2.23 bits per heavy atom. The molecule has 0 bridgehead atoms. The first-order valence-electron chi connectivity index (χ1n) is 5.67. The van der Waals surface area contributed by atoms with Crippen molar-refractivity contribution in [3.8, 4) is 0 Å². The second-order valence-corrected chi connectivity index (χ2v) is 3.46. The lowest BCUT2D eigenvalue weighted by Gasteiger charge is -2.29. The van der Waals surface area contributed by atoms with Crippen LogP contribution < -0.4 is 0 Å². The molecule has 0 aromatic heterocycles. The van der Waals surface area contributed by atoms with E-state index in [9.17, 15) is 0 Å². The summed E-state index contributed by atoms with van der Waals surface area (Å²) in [5, 5.41) is 0. The quantitative estimate of drug-likeness (QED) is 0.589. The molecule has 0 heterocycles. The predicted octanol–water partition coefficient (Wildman–Crippen LogP) is 4.73. The van der Waals surface area contributed by atoms with Gasteiger partial charge in [0.05, 0.1) is 0 Å². The highest BCUT2D eigenvalue weighted by Gasteiger charge is 2.22. The van der Waals surface area contributed by atoms with Gasteiger partial charge >= 0.3 is 0 Å². The third-order valence-electron chi connectivity index (χ3n) is 2.67. The van der Waals surface area contributed by atoms with Crippen LogP contribution in [0.1, 0.15) is 53.4 Å². The van der Waals surface area contributed by atoms with Gasteiger partial charge in [-0.25, -0.2) is 0 Å². The summed E-state index contributed by atoms with van der Waals surface area (Å²) >= 11 is 0. The average Bonchev–Trinajstić information content (AvgIpc) is 2.23. The van der Waals surface area contributed by atoms with E-state index < -0.39 is 0 Å². The molecule has 0 spiro atoms. The van der Waals surface area contributed by atoms with Crippen molar-refractivity contribution in [2.75, 3.05) is 0 Å². The van der Waals surface area contributed by atoms with Crippen LogP contribution in [0.4, 0.5) is 0 Å². The molecule has 0 radical (unpaired) electrons. The van der Waals surface area contributed by atoms with E-state index in [4.69, 9.17) is 0 Å². The maximum atomic E-state index is 2.39. The molecular weight excluding hydrogens is 156 g/mol. The zero-order chi connectivity index (χ0) is 10.2. The monoisotopic (exact) mass is 180 g/mol. The molecule has 13 heavy (non-hydrogen) atoms. The first-order chi connectivity index (χ1) is 6.33. The fraction of sp³-hybridized carbons (Fsp3) is 0.692. The Morgan fingerprint density at radius 2 is 1.85 bits per heavy atom. The Morgan fingerprint density at radius 1 is 1.15 bits per heavy atom. The molecule has 0 aromatic rings. The molecule has 0 amide bonds. The third-order valence-corrected chi connectivity index (χ3v) is 2.67. The van der Waals surface area contributed by atoms with Crippen LogP contribution in [-0.4, -0.2) is 0 Å². The summed E-state index contributed by atoms with van der Waals surface area (Å²) in [5.41, 5.74) is 0.503. The van der Waals surface area contributed by atoms with Crippen molar-refractivity contribution in [1.29, 1.82) is 0 Å². The van der Waals surface area contributed by atoms with Crippen LogP contribution in [-0.2, 0) is 0 Å². The number of hydrogen-bond acceptors (Lipinski definition) is 0. The van der Waals surface area contributed by atoms with Gasteiger partial charge in [0, 0.05) is 0 Å². The maximum absolute atomic E-state index is 2.39. The minimum absolute atomic E-state index is 0.503. The SMILES string of the molecule is CC.CCCC1(CC)C=CC=CC1. The molecule has 1 rings (SSSR count). The normalized spacial score (nSPS) is 25.2. The molecule has 0 saturated heterocycles. The number of hydrogen-bond donors (Lipinski definition) is 0. The molecule has 1 unspecified atom stereocenters. The Labute approximate surface area is 83.7 Å². The number of allylic oxidation sites excluding steroid dienone is 4. The minimum atomic E-state index is 0.503. The molecule has 0 saturated carbocycles. The third kappa shape index (κ3) is 3.80. The van der Waals surface area contributed by atoms with Gasteiger partial charge in [0.15, 0.2) is 0 Å².